The summed E-state index contributed by atoms with van der Waals surface area (Å²) in [4.78, 5) is 12.1. The van der Waals surface area contributed by atoms with Crippen LogP contribution in [0, 0.1) is 0 Å². The van der Waals surface area contributed by atoms with Gasteiger partial charge in [0.1, 0.15) is 0 Å². The van der Waals surface area contributed by atoms with Crippen LogP contribution in [0.25, 0.3) is 0 Å². The van der Waals surface area contributed by atoms with Gasteiger partial charge in [0.05, 0.1) is 6.42 Å². The van der Waals surface area contributed by atoms with Crippen LogP contribution in [-0.4, -0.2) is 16.1 Å². The Morgan fingerprint density at radius 3 is 2.67 bits per heavy atom. The third-order valence-corrected chi connectivity index (χ3v) is 3.59. The number of rotatable bonds is 5. The molecule has 0 fully saturated rings. The van der Waals surface area contributed by atoms with Crippen molar-refractivity contribution in [2.24, 2.45) is 0 Å². The van der Waals surface area contributed by atoms with E-state index in [1.165, 1.54) is 0 Å². The Morgan fingerprint density at radius 1 is 1.12 bits per heavy atom. The highest BCUT2D eigenvalue weighted by molar-refractivity contribution is 6.30. The van der Waals surface area contributed by atoms with Crippen LogP contribution in [0.15, 0.2) is 52.9 Å². The molecule has 0 saturated carbocycles. The van der Waals surface area contributed by atoms with Crippen LogP contribution in [0.5, 0.6) is 0 Å². The molecule has 122 valence electrons. The Balaban J connectivity index is 1.60. The second-order valence-corrected chi connectivity index (χ2v) is 5.67. The molecule has 1 amide bonds. The lowest BCUT2D eigenvalue weighted by molar-refractivity contribution is 0.0914. The van der Waals surface area contributed by atoms with Crippen molar-refractivity contribution in [3.63, 3.8) is 0 Å². The number of benzene rings is 2. The summed E-state index contributed by atoms with van der Waals surface area (Å²) < 4.78 is 5.40. The molecule has 0 aliphatic carbocycles. The molecule has 0 unspecified atom stereocenters. The van der Waals surface area contributed by atoms with Gasteiger partial charge in [0.15, 0.2) is 0 Å². The van der Waals surface area contributed by atoms with Crippen molar-refractivity contribution < 1.29 is 9.21 Å². The number of anilines is 1. The van der Waals surface area contributed by atoms with Crippen molar-refractivity contribution in [1.29, 1.82) is 0 Å². The number of halogens is 1. The van der Waals surface area contributed by atoms with E-state index in [0.717, 1.165) is 11.1 Å². The lowest BCUT2D eigenvalue weighted by Gasteiger charge is -2.02. The largest absolute Gasteiger partial charge is 0.417 e. The molecule has 7 heteroatoms. The molecule has 1 aromatic heterocycles. The van der Waals surface area contributed by atoms with E-state index in [1.54, 1.807) is 18.2 Å². The molecule has 0 radical (unpaired) electrons. The summed E-state index contributed by atoms with van der Waals surface area (Å²) in [6.45, 7) is 0.350. The zero-order chi connectivity index (χ0) is 16.9. The monoisotopic (exact) mass is 342 g/mol. The summed E-state index contributed by atoms with van der Waals surface area (Å²) >= 11 is 5.82. The molecule has 3 aromatic rings. The first-order valence-corrected chi connectivity index (χ1v) is 7.67. The van der Waals surface area contributed by atoms with Gasteiger partial charge in [-0.2, -0.15) is 0 Å². The molecule has 6 nitrogen and oxygen atoms in total. The van der Waals surface area contributed by atoms with Crippen molar-refractivity contribution in [1.82, 2.24) is 15.5 Å². The van der Waals surface area contributed by atoms with Crippen LogP contribution in [-0.2, 0) is 13.0 Å². The molecule has 0 aliphatic heterocycles. The fraction of sp³-hybridized carbons (Fsp3) is 0.118. The summed E-state index contributed by atoms with van der Waals surface area (Å²) in [5.74, 6) is -0.128. The molecule has 1 heterocycles. The minimum absolute atomic E-state index is 0.0668. The average Bonchev–Trinajstić information content (AvgIpc) is 3.03. The Bertz CT molecular complexity index is 846. The number of nitrogens with one attached hydrogen (secondary N) is 1. The van der Waals surface area contributed by atoms with Crippen LogP contribution < -0.4 is 11.1 Å². The SMILES string of the molecule is Nc1cccc(Cc2nnc(C(=O)NCc3ccc(Cl)cc3)o2)c1. The molecular formula is C17H15ClN4O2. The third-order valence-electron chi connectivity index (χ3n) is 3.33. The van der Waals surface area contributed by atoms with Crippen LogP contribution in [0.1, 0.15) is 27.7 Å². The molecular weight excluding hydrogens is 328 g/mol. The van der Waals surface area contributed by atoms with E-state index in [9.17, 15) is 4.79 Å². The molecule has 0 spiro atoms. The van der Waals surface area contributed by atoms with E-state index in [4.69, 9.17) is 21.8 Å². The van der Waals surface area contributed by atoms with Crippen molar-refractivity contribution in [3.05, 3.63) is 76.5 Å². The standard InChI is InChI=1S/C17H15ClN4O2/c18-13-6-4-11(5-7-13)10-20-16(23)17-22-21-15(24-17)9-12-2-1-3-14(19)8-12/h1-8H,9-10,19H2,(H,20,23). The van der Waals surface area contributed by atoms with Gasteiger partial charge in [-0.25, -0.2) is 0 Å². The van der Waals surface area contributed by atoms with Gasteiger partial charge in [0.25, 0.3) is 0 Å². The number of hydrogen-bond acceptors (Lipinski definition) is 5. The molecule has 0 atom stereocenters. The zero-order valence-corrected chi connectivity index (χ0v) is 13.5. The van der Waals surface area contributed by atoms with Crippen molar-refractivity contribution >= 4 is 23.2 Å². The lowest BCUT2D eigenvalue weighted by atomic mass is 10.1. The molecule has 3 rings (SSSR count). The summed E-state index contributed by atoms with van der Waals surface area (Å²) in [7, 11) is 0. The summed E-state index contributed by atoms with van der Waals surface area (Å²) in [6.07, 6.45) is 0.419. The maximum atomic E-state index is 12.1. The van der Waals surface area contributed by atoms with Crippen LogP contribution in [0.3, 0.4) is 0 Å². The van der Waals surface area contributed by atoms with Gasteiger partial charge in [-0.15, -0.1) is 10.2 Å². The number of nitrogen functional groups attached to an aromatic ring is 1. The quantitative estimate of drug-likeness (QED) is 0.695. The summed E-state index contributed by atoms with van der Waals surface area (Å²) in [5, 5.41) is 11.0. The molecule has 0 bridgehead atoms. The average molecular weight is 343 g/mol. The predicted octanol–water partition coefficient (Wildman–Crippen LogP) is 2.83. The fourth-order valence-electron chi connectivity index (χ4n) is 2.15. The van der Waals surface area contributed by atoms with Crippen molar-refractivity contribution in [2.75, 3.05) is 5.73 Å². The van der Waals surface area contributed by atoms with Crippen LogP contribution in [0.2, 0.25) is 5.02 Å². The topological polar surface area (TPSA) is 94.0 Å². The summed E-state index contributed by atoms with van der Waals surface area (Å²) in [6, 6.07) is 14.6. The Kier molecular flexibility index (Phi) is 4.77. The Hall–Kier alpha value is -2.86. The normalized spacial score (nSPS) is 10.5. The number of aromatic nitrogens is 2. The third kappa shape index (κ3) is 4.11. The molecule has 24 heavy (non-hydrogen) atoms. The van der Waals surface area contributed by atoms with E-state index in [0.29, 0.717) is 29.6 Å². The maximum Gasteiger partial charge on any atom is 0.309 e. The first-order chi connectivity index (χ1) is 11.6. The van der Waals surface area contributed by atoms with E-state index in [-0.39, 0.29) is 5.89 Å². The molecule has 0 aliphatic rings. The number of nitrogens with zero attached hydrogens (tertiary/aromatic N) is 2. The van der Waals surface area contributed by atoms with E-state index >= 15 is 0 Å². The number of amides is 1. The van der Waals surface area contributed by atoms with Gasteiger partial charge in [0, 0.05) is 17.3 Å². The summed E-state index contributed by atoms with van der Waals surface area (Å²) in [5.41, 5.74) is 8.25. The lowest BCUT2D eigenvalue weighted by Crippen LogP contribution is -2.23. The number of nitrogens with two attached hydrogens (primary N) is 1. The second kappa shape index (κ2) is 7.14. The maximum absolute atomic E-state index is 12.1. The highest BCUT2D eigenvalue weighted by Gasteiger charge is 2.14. The van der Waals surface area contributed by atoms with Gasteiger partial charge >= 0.3 is 11.8 Å². The van der Waals surface area contributed by atoms with Crippen molar-refractivity contribution in [3.8, 4) is 0 Å². The van der Waals surface area contributed by atoms with Crippen LogP contribution >= 0.6 is 11.6 Å². The van der Waals surface area contributed by atoms with Gasteiger partial charge < -0.3 is 15.5 Å². The van der Waals surface area contributed by atoms with E-state index in [1.807, 2.05) is 30.3 Å². The zero-order valence-electron chi connectivity index (χ0n) is 12.7. The Labute approximate surface area is 143 Å². The smallest absolute Gasteiger partial charge is 0.309 e. The van der Waals surface area contributed by atoms with Crippen molar-refractivity contribution in [2.45, 2.75) is 13.0 Å². The van der Waals surface area contributed by atoms with Gasteiger partial charge in [-0.1, -0.05) is 35.9 Å². The van der Waals surface area contributed by atoms with Gasteiger partial charge in [0.2, 0.25) is 5.89 Å². The minimum atomic E-state index is -0.420. The highest BCUT2D eigenvalue weighted by Crippen LogP contribution is 2.12. The second-order valence-electron chi connectivity index (χ2n) is 5.23. The predicted molar refractivity (Wildman–Crippen MR) is 90.6 cm³/mol. The van der Waals surface area contributed by atoms with Gasteiger partial charge in [-0.3, -0.25) is 4.79 Å². The number of carbonyl (C=O) groups is 1. The van der Waals surface area contributed by atoms with Crippen LogP contribution in [0.4, 0.5) is 5.69 Å². The molecule has 3 N–H and O–H groups in total. The molecule has 0 saturated heterocycles. The Morgan fingerprint density at radius 2 is 1.92 bits per heavy atom. The molecule has 2 aromatic carbocycles. The van der Waals surface area contributed by atoms with E-state index < -0.39 is 5.91 Å². The first kappa shape index (κ1) is 16.0. The van der Waals surface area contributed by atoms with E-state index in [2.05, 4.69) is 15.5 Å². The fourth-order valence-corrected chi connectivity index (χ4v) is 2.28. The number of hydrogen-bond donors (Lipinski definition) is 2. The van der Waals surface area contributed by atoms with Gasteiger partial charge in [-0.05, 0) is 35.4 Å². The minimum Gasteiger partial charge on any atom is -0.417 e. The number of carbonyl (C=O) groups excluding carboxylic acids is 1. The highest BCUT2D eigenvalue weighted by atomic mass is 35.5. The first-order valence-electron chi connectivity index (χ1n) is 7.29.